The average molecular weight is 850 g/mol. The van der Waals surface area contributed by atoms with Crippen molar-refractivity contribution in [1.82, 2.24) is 0 Å². The number of thioether (sulfide) groups is 2. The molecule has 0 radical (unpaired) electrons. The molecule has 5 aromatic rings. The third-order valence-corrected chi connectivity index (χ3v) is 10.4. The van der Waals surface area contributed by atoms with E-state index in [1.165, 1.54) is 11.0 Å². The molecule has 0 bridgehead atoms. The number of terminal acetylenes is 1. The van der Waals surface area contributed by atoms with Crippen LogP contribution in [0.1, 0.15) is 91.6 Å². The van der Waals surface area contributed by atoms with E-state index in [1.807, 2.05) is 78.5 Å². The first-order valence-electron chi connectivity index (χ1n) is 17.0. The lowest BCUT2D eigenvalue weighted by molar-refractivity contribution is -0.385. The van der Waals surface area contributed by atoms with Crippen molar-refractivity contribution in [2.75, 3.05) is 0 Å². The molecule has 0 aliphatic heterocycles. The second kappa shape index (κ2) is 17.7. The van der Waals surface area contributed by atoms with E-state index < -0.39 is 4.92 Å². The predicted molar refractivity (Wildman–Crippen MR) is 235 cm³/mol. The van der Waals surface area contributed by atoms with Crippen LogP contribution in [0.25, 0.3) is 0 Å². The lowest BCUT2D eigenvalue weighted by Gasteiger charge is -2.17. The van der Waals surface area contributed by atoms with Crippen molar-refractivity contribution in [3.63, 3.8) is 0 Å². The van der Waals surface area contributed by atoms with Crippen LogP contribution in [0.5, 0.6) is 0 Å². The monoisotopic (exact) mass is 849 g/mol. The van der Waals surface area contributed by atoms with Crippen LogP contribution < -0.4 is 0 Å². The number of hydrogen-bond acceptors (Lipinski definition) is 4. The topological polar surface area (TPSA) is 43.1 Å². The Morgan fingerprint density at radius 2 is 0.981 bits per heavy atom. The summed E-state index contributed by atoms with van der Waals surface area (Å²) in [7, 11) is 0. The Kier molecular flexibility index (Phi) is 13.1. The van der Waals surface area contributed by atoms with Crippen LogP contribution in [0.3, 0.4) is 0 Å². The molecule has 0 aromatic heterocycles. The van der Waals surface area contributed by atoms with Gasteiger partial charge in [0.2, 0.25) is 0 Å². The van der Waals surface area contributed by atoms with E-state index >= 15 is 0 Å². The minimum absolute atomic E-state index is 0.00771. The van der Waals surface area contributed by atoms with Crippen molar-refractivity contribution in [2.24, 2.45) is 0 Å². The van der Waals surface area contributed by atoms with Crippen LogP contribution in [0.15, 0.2) is 113 Å². The van der Waals surface area contributed by atoms with Crippen molar-refractivity contribution in [2.45, 2.75) is 60.8 Å². The Hall–Kier alpha value is -5.27. The highest BCUT2D eigenvalue weighted by atomic mass is 127. The smallest absolute Gasteiger partial charge is 0.258 e. The number of halogens is 1. The minimum Gasteiger partial charge on any atom is -0.258 e. The van der Waals surface area contributed by atoms with Crippen LogP contribution in [-0.2, 0) is 0 Å². The molecule has 6 heteroatoms. The van der Waals surface area contributed by atoms with E-state index in [-0.39, 0.29) is 20.7 Å². The molecule has 3 nitrogen and oxygen atoms in total. The molecule has 264 valence electrons. The van der Waals surface area contributed by atoms with E-state index in [1.54, 1.807) is 23.9 Å². The SMILES string of the molecule is C#Cc1ccc(C#Cc2ccc(SC(C)(C)C)cc2C#Cc2cccc(C#Cc3cccc(C#Cc4cc(SC(C)(C)C)ccc4I)c3)c2)c([N+](=O)[O-])c1. The first kappa shape index (κ1) is 39.9. The van der Waals surface area contributed by atoms with Crippen LogP contribution in [0.2, 0.25) is 0 Å². The third kappa shape index (κ3) is 12.1. The normalized spacial score (nSPS) is 10.6. The van der Waals surface area contributed by atoms with Crippen molar-refractivity contribution < 1.29 is 4.92 Å². The summed E-state index contributed by atoms with van der Waals surface area (Å²) in [6.07, 6.45) is 5.46. The first-order chi connectivity index (χ1) is 25.6. The van der Waals surface area contributed by atoms with Gasteiger partial charge in [-0.2, -0.15) is 0 Å². The van der Waals surface area contributed by atoms with E-state index in [2.05, 4.69) is 136 Å². The van der Waals surface area contributed by atoms with Crippen molar-refractivity contribution in [1.29, 1.82) is 0 Å². The van der Waals surface area contributed by atoms with Gasteiger partial charge in [-0.25, -0.2) is 0 Å². The molecule has 54 heavy (non-hydrogen) atoms. The first-order valence-corrected chi connectivity index (χ1v) is 19.7. The summed E-state index contributed by atoms with van der Waals surface area (Å²) in [5.74, 6) is 28.4. The molecule has 0 unspecified atom stereocenters. The van der Waals surface area contributed by atoms with Gasteiger partial charge in [0, 0.05) is 73.4 Å². The Labute approximate surface area is 341 Å². The molecule has 0 aliphatic rings. The van der Waals surface area contributed by atoms with Gasteiger partial charge in [0.1, 0.15) is 5.56 Å². The molecule has 0 spiro atoms. The number of nitrogens with zero attached hydrogens (tertiary/aromatic N) is 1. The van der Waals surface area contributed by atoms with Crippen molar-refractivity contribution >= 4 is 51.8 Å². The predicted octanol–water partition coefficient (Wildman–Crippen LogP) is 11.6. The summed E-state index contributed by atoms with van der Waals surface area (Å²) in [6, 6.07) is 32.7. The van der Waals surface area contributed by atoms with Gasteiger partial charge in [-0.3, -0.25) is 10.1 Å². The Morgan fingerprint density at radius 1 is 0.537 bits per heavy atom. The Balaban J connectivity index is 1.41. The summed E-state index contributed by atoms with van der Waals surface area (Å²) < 4.78 is 1.24. The van der Waals surface area contributed by atoms with Crippen molar-refractivity contribution in [3.8, 4) is 59.7 Å². The fourth-order valence-corrected chi connectivity index (χ4v) is 7.47. The molecule has 0 heterocycles. The van der Waals surface area contributed by atoms with Crippen LogP contribution in [0, 0.1) is 73.4 Å². The number of benzene rings is 5. The fourth-order valence-electron chi connectivity index (χ4n) is 4.96. The van der Waals surface area contributed by atoms with Gasteiger partial charge < -0.3 is 0 Å². The zero-order valence-electron chi connectivity index (χ0n) is 30.9. The molecule has 0 fully saturated rings. The number of nitro groups is 1. The molecular formula is C48H36INO2S2. The van der Waals surface area contributed by atoms with Crippen LogP contribution in [-0.4, -0.2) is 14.4 Å². The number of hydrogen-bond donors (Lipinski definition) is 0. The molecular weight excluding hydrogens is 814 g/mol. The maximum Gasteiger partial charge on any atom is 0.286 e. The van der Waals surface area contributed by atoms with Gasteiger partial charge >= 0.3 is 0 Å². The van der Waals surface area contributed by atoms with Gasteiger partial charge in [0.15, 0.2) is 0 Å². The maximum atomic E-state index is 11.7. The lowest BCUT2D eigenvalue weighted by atomic mass is 10.1. The summed E-state index contributed by atoms with van der Waals surface area (Å²) in [5.41, 5.74) is 6.39. The molecule has 0 saturated heterocycles. The van der Waals surface area contributed by atoms with Gasteiger partial charge in [-0.05, 0) is 108 Å². The van der Waals surface area contributed by atoms with Gasteiger partial charge in [-0.15, -0.1) is 29.9 Å². The number of nitro benzene ring substituents is 1. The number of rotatable bonds is 3. The zero-order valence-corrected chi connectivity index (χ0v) is 34.6. The summed E-state index contributed by atoms with van der Waals surface area (Å²) in [5, 5.41) is 11.7. The molecule has 5 aromatic carbocycles. The summed E-state index contributed by atoms with van der Waals surface area (Å²) in [4.78, 5) is 13.5. The van der Waals surface area contributed by atoms with Crippen LogP contribution >= 0.6 is 46.1 Å². The standard InChI is InChI=1S/C48H36INO2S2/c1-8-34-17-20-40(46(31-34)50(51)52)24-23-39-25-26-43(53-47(2,3)4)32-41(39)21-18-37-13-9-11-35(29-37)15-16-36-12-10-14-38(30-36)19-22-42-33-44(27-28-45(42)49)54-48(5,6)7/h1,9-14,17,20,25-33H,2-7H3. The second-order valence-electron chi connectivity index (χ2n) is 14.1. The lowest BCUT2D eigenvalue weighted by Crippen LogP contribution is -2.06. The van der Waals surface area contributed by atoms with E-state index in [0.717, 1.165) is 41.8 Å². The molecule has 0 saturated carbocycles. The summed E-state index contributed by atoms with van der Waals surface area (Å²) >= 11 is 5.90. The highest BCUT2D eigenvalue weighted by Gasteiger charge is 2.15. The molecule has 0 amide bonds. The zero-order chi connectivity index (χ0) is 38.9. The van der Waals surface area contributed by atoms with Gasteiger partial charge in [-0.1, -0.05) is 107 Å². The maximum absolute atomic E-state index is 11.7. The Morgan fingerprint density at radius 3 is 1.50 bits per heavy atom. The van der Waals surface area contributed by atoms with Crippen molar-refractivity contribution in [3.05, 3.63) is 167 Å². The highest BCUT2D eigenvalue weighted by Crippen LogP contribution is 2.34. The summed E-state index contributed by atoms with van der Waals surface area (Å²) in [6.45, 7) is 13.1. The minimum atomic E-state index is -0.468. The second-order valence-corrected chi connectivity index (χ2v) is 19.0. The average Bonchev–Trinajstić information content (AvgIpc) is 3.12. The van der Waals surface area contributed by atoms with Gasteiger partial charge in [0.25, 0.3) is 5.69 Å². The van der Waals surface area contributed by atoms with Crippen LogP contribution in [0.4, 0.5) is 5.69 Å². The third-order valence-electron chi connectivity index (χ3n) is 7.23. The Bertz CT molecular complexity index is 2560. The van der Waals surface area contributed by atoms with E-state index in [4.69, 9.17) is 6.42 Å². The highest BCUT2D eigenvalue weighted by molar-refractivity contribution is 14.1. The molecule has 0 atom stereocenters. The molecule has 5 rings (SSSR count). The molecule has 0 aliphatic carbocycles. The largest absolute Gasteiger partial charge is 0.286 e. The quantitative estimate of drug-likeness (QED) is 0.0596. The van der Waals surface area contributed by atoms with Gasteiger partial charge in [0.05, 0.1) is 4.92 Å². The van der Waals surface area contributed by atoms with E-state index in [9.17, 15) is 10.1 Å². The fraction of sp³-hybridized carbons (Fsp3) is 0.167. The molecule has 0 N–H and O–H groups in total. The van der Waals surface area contributed by atoms with E-state index in [0.29, 0.717) is 11.1 Å².